The van der Waals surface area contributed by atoms with E-state index >= 15 is 0 Å². The van der Waals surface area contributed by atoms with Crippen LogP contribution in [0.5, 0.6) is 11.5 Å². The van der Waals surface area contributed by atoms with E-state index in [0.717, 1.165) is 22.6 Å². The highest BCUT2D eigenvalue weighted by Crippen LogP contribution is 2.41. The number of pyridine rings is 1. The number of amides is 1. The van der Waals surface area contributed by atoms with E-state index in [0.29, 0.717) is 38.0 Å². The van der Waals surface area contributed by atoms with E-state index in [9.17, 15) is 4.79 Å². The van der Waals surface area contributed by atoms with Gasteiger partial charge in [0.2, 0.25) is 0 Å². The zero-order valence-corrected chi connectivity index (χ0v) is 19.3. The smallest absolute Gasteiger partial charge is 0.267 e. The third kappa shape index (κ3) is 3.95. The number of rotatable bonds is 6. The second-order valence-corrected chi connectivity index (χ2v) is 8.47. The van der Waals surface area contributed by atoms with E-state index in [-0.39, 0.29) is 5.91 Å². The predicted octanol–water partition coefficient (Wildman–Crippen LogP) is 6.08. The number of hydrogen-bond acceptors (Lipinski definition) is 7. The van der Waals surface area contributed by atoms with Crippen LogP contribution in [-0.2, 0) is 0 Å². The number of anilines is 2. The van der Waals surface area contributed by atoms with Crippen LogP contribution in [0, 0.1) is 0 Å². The molecule has 1 amide bonds. The second-order valence-electron chi connectivity index (χ2n) is 7.47. The fourth-order valence-corrected chi connectivity index (χ4v) is 4.73. The third-order valence-corrected chi connectivity index (χ3v) is 6.50. The molecule has 170 valence electrons. The van der Waals surface area contributed by atoms with Gasteiger partial charge in [-0.05, 0) is 54.6 Å². The number of nitrogens with zero attached hydrogens (tertiary/aromatic N) is 1. The van der Waals surface area contributed by atoms with E-state index < -0.39 is 0 Å². The van der Waals surface area contributed by atoms with Crippen molar-refractivity contribution in [3.63, 3.8) is 0 Å². The van der Waals surface area contributed by atoms with Gasteiger partial charge < -0.3 is 24.9 Å². The van der Waals surface area contributed by atoms with Crippen molar-refractivity contribution in [1.29, 1.82) is 0 Å². The Hall–Kier alpha value is -4.30. The lowest BCUT2D eigenvalue weighted by Crippen LogP contribution is -2.12. The highest BCUT2D eigenvalue weighted by atomic mass is 32.1. The topological polar surface area (TPSA) is 99.6 Å². The lowest BCUT2D eigenvalue weighted by atomic mass is 10.0. The number of hydrogen-bond donors (Lipinski definition) is 2. The highest BCUT2D eigenvalue weighted by Gasteiger charge is 2.22. The minimum atomic E-state index is -0.315. The molecule has 0 fully saturated rings. The second kappa shape index (κ2) is 8.92. The number of methoxy groups -OCH3 is 2. The van der Waals surface area contributed by atoms with Crippen molar-refractivity contribution in [3.8, 4) is 34.1 Å². The standard InChI is InChI=1S/C26H21N3O4S/c1-31-17-10-8-15(9-11-17)20-14-19(21-7-4-12-33-21)22-23(27)24(34-26(22)29-20)25(30)28-16-5-3-6-18(13-16)32-2/h3-14H,27H2,1-2H3,(H,28,30). The van der Waals surface area contributed by atoms with E-state index in [1.165, 1.54) is 11.3 Å². The van der Waals surface area contributed by atoms with Gasteiger partial charge in [-0.15, -0.1) is 11.3 Å². The summed E-state index contributed by atoms with van der Waals surface area (Å²) in [5.41, 5.74) is 9.90. The molecule has 2 aromatic carbocycles. The van der Waals surface area contributed by atoms with Crippen LogP contribution < -0.4 is 20.5 Å². The summed E-state index contributed by atoms with van der Waals surface area (Å²) in [6, 6.07) is 20.4. The highest BCUT2D eigenvalue weighted by molar-refractivity contribution is 7.21. The average Bonchev–Trinajstić information content (AvgIpc) is 3.52. The van der Waals surface area contributed by atoms with E-state index in [4.69, 9.17) is 24.6 Å². The zero-order chi connectivity index (χ0) is 23.7. The van der Waals surface area contributed by atoms with Gasteiger partial charge in [0, 0.05) is 28.3 Å². The Morgan fingerprint density at radius 1 is 1.00 bits per heavy atom. The number of nitrogens with one attached hydrogen (secondary N) is 1. The SMILES string of the molecule is COc1ccc(-c2cc(-c3ccco3)c3c(N)c(C(=O)Nc4cccc(OC)c4)sc3n2)cc1. The van der Waals surface area contributed by atoms with Crippen molar-refractivity contribution in [2.45, 2.75) is 0 Å². The molecule has 0 bridgehead atoms. The van der Waals surface area contributed by atoms with Crippen LogP contribution in [0.1, 0.15) is 9.67 Å². The molecule has 0 saturated carbocycles. The zero-order valence-electron chi connectivity index (χ0n) is 18.5. The number of fused-ring (bicyclic) bond motifs is 1. The van der Waals surface area contributed by atoms with Gasteiger partial charge in [-0.3, -0.25) is 4.79 Å². The van der Waals surface area contributed by atoms with Crippen molar-refractivity contribution < 1.29 is 18.7 Å². The molecular weight excluding hydrogens is 450 g/mol. The van der Waals surface area contributed by atoms with E-state index in [1.807, 2.05) is 48.5 Å². The predicted molar refractivity (Wildman–Crippen MR) is 135 cm³/mol. The summed E-state index contributed by atoms with van der Waals surface area (Å²) in [4.78, 5) is 19.0. The first-order valence-electron chi connectivity index (χ1n) is 10.4. The Morgan fingerprint density at radius 3 is 2.50 bits per heavy atom. The molecule has 3 aromatic heterocycles. The normalized spacial score (nSPS) is 10.9. The van der Waals surface area contributed by atoms with Crippen LogP contribution in [-0.4, -0.2) is 25.1 Å². The molecule has 0 unspecified atom stereocenters. The summed E-state index contributed by atoms with van der Waals surface area (Å²) in [5, 5.41) is 3.58. The molecule has 5 rings (SSSR count). The minimum Gasteiger partial charge on any atom is -0.497 e. The van der Waals surface area contributed by atoms with Gasteiger partial charge in [-0.1, -0.05) is 6.07 Å². The number of carbonyl (C=O) groups excluding carboxylic acids is 1. The average molecular weight is 472 g/mol. The first-order valence-corrected chi connectivity index (χ1v) is 11.3. The van der Waals surface area contributed by atoms with Crippen LogP contribution in [0.2, 0.25) is 0 Å². The number of carbonyl (C=O) groups is 1. The largest absolute Gasteiger partial charge is 0.497 e. The maximum atomic E-state index is 13.1. The Bertz CT molecular complexity index is 1470. The summed E-state index contributed by atoms with van der Waals surface area (Å²) < 4.78 is 16.2. The van der Waals surface area contributed by atoms with Crippen LogP contribution in [0.15, 0.2) is 77.4 Å². The number of nitrogen functional groups attached to an aromatic ring is 1. The summed E-state index contributed by atoms with van der Waals surface area (Å²) in [6.45, 7) is 0. The number of thiophene rings is 1. The maximum Gasteiger partial charge on any atom is 0.267 e. The number of benzene rings is 2. The number of furan rings is 1. The molecular formula is C26H21N3O4S. The molecule has 0 radical (unpaired) electrons. The summed E-state index contributed by atoms with van der Waals surface area (Å²) in [7, 11) is 3.20. The molecule has 0 saturated heterocycles. The van der Waals surface area contributed by atoms with Crippen molar-refractivity contribution >= 4 is 38.8 Å². The van der Waals surface area contributed by atoms with Crippen LogP contribution >= 0.6 is 11.3 Å². The van der Waals surface area contributed by atoms with Gasteiger partial charge in [-0.2, -0.15) is 0 Å². The number of aromatic nitrogens is 1. The summed E-state index contributed by atoms with van der Waals surface area (Å²) in [5.74, 6) is 1.73. The van der Waals surface area contributed by atoms with Gasteiger partial charge in [-0.25, -0.2) is 4.98 Å². The Kier molecular flexibility index (Phi) is 5.65. The van der Waals surface area contributed by atoms with E-state index in [1.54, 1.807) is 38.7 Å². The number of ether oxygens (including phenoxy) is 2. The fraction of sp³-hybridized carbons (Fsp3) is 0.0769. The minimum absolute atomic E-state index is 0.315. The first-order chi connectivity index (χ1) is 16.6. The summed E-state index contributed by atoms with van der Waals surface area (Å²) in [6.07, 6.45) is 1.60. The van der Waals surface area contributed by atoms with Crippen molar-refractivity contribution in [2.24, 2.45) is 0 Å². The molecule has 7 nitrogen and oxygen atoms in total. The van der Waals surface area contributed by atoms with Crippen molar-refractivity contribution in [3.05, 3.63) is 77.9 Å². The molecule has 0 aliphatic heterocycles. The van der Waals surface area contributed by atoms with Gasteiger partial charge >= 0.3 is 0 Å². The monoisotopic (exact) mass is 471 g/mol. The van der Waals surface area contributed by atoms with E-state index in [2.05, 4.69) is 5.32 Å². The van der Waals surface area contributed by atoms with Gasteiger partial charge in [0.05, 0.1) is 31.9 Å². The van der Waals surface area contributed by atoms with Crippen LogP contribution in [0.3, 0.4) is 0 Å². The molecule has 0 aliphatic carbocycles. The Morgan fingerprint density at radius 2 is 1.79 bits per heavy atom. The third-order valence-electron chi connectivity index (χ3n) is 5.41. The van der Waals surface area contributed by atoms with Crippen LogP contribution in [0.25, 0.3) is 32.8 Å². The molecule has 0 aliphatic rings. The first kappa shape index (κ1) is 21.5. The lowest BCUT2D eigenvalue weighted by molar-refractivity contribution is 0.103. The molecule has 3 heterocycles. The molecule has 34 heavy (non-hydrogen) atoms. The molecule has 0 spiro atoms. The summed E-state index contributed by atoms with van der Waals surface area (Å²) >= 11 is 1.24. The van der Waals surface area contributed by atoms with Crippen LogP contribution in [0.4, 0.5) is 11.4 Å². The molecule has 5 aromatic rings. The van der Waals surface area contributed by atoms with Gasteiger partial charge in [0.25, 0.3) is 5.91 Å². The maximum absolute atomic E-state index is 13.1. The Labute approximate surface area is 199 Å². The molecule has 3 N–H and O–H groups in total. The molecule has 0 atom stereocenters. The quantitative estimate of drug-likeness (QED) is 0.312. The fourth-order valence-electron chi connectivity index (χ4n) is 3.71. The lowest BCUT2D eigenvalue weighted by Gasteiger charge is -2.08. The number of nitrogens with two attached hydrogens (primary N) is 1. The molecule has 8 heteroatoms. The van der Waals surface area contributed by atoms with Crippen molar-refractivity contribution in [1.82, 2.24) is 4.98 Å². The Balaban J connectivity index is 1.61. The van der Waals surface area contributed by atoms with Gasteiger partial charge in [0.15, 0.2) is 0 Å². The van der Waals surface area contributed by atoms with Gasteiger partial charge in [0.1, 0.15) is 27.0 Å². The van der Waals surface area contributed by atoms with Crippen molar-refractivity contribution in [2.75, 3.05) is 25.3 Å².